The predicted octanol–water partition coefficient (Wildman–Crippen LogP) is 2.56. The Kier molecular flexibility index (Phi) is 5.37. The van der Waals surface area contributed by atoms with Crippen molar-refractivity contribution in [3.63, 3.8) is 0 Å². The number of nitrogens with two attached hydrogens (primary N) is 1. The van der Waals surface area contributed by atoms with Crippen LogP contribution in [0.4, 0.5) is 5.69 Å². The van der Waals surface area contributed by atoms with Crippen LogP contribution in [-0.2, 0) is 6.54 Å². The van der Waals surface area contributed by atoms with E-state index in [0.717, 1.165) is 5.56 Å². The highest BCUT2D eigenvalue weighted by atomic mass is 16.6. The van der Waals surface area contributed by atoms with Crippen LogP contribution >= 0.6 is 0 Å². The lowest BCUT2D eigenvalue weighted by Gasteiger charge is -2.07. The Labute approximate surface area is 128 Å². The second-order valence-electron chi connectivity index (χ2n) is 4.63. The van der Waals surface area contributed by atoms with Crippen LogP contribution in [0.1, 0.15) is 5.56 Å². The number of hydrogen-bond donors (Lipinski definition) is 2. The van der Waals surface area contributed by atoms with Crippen molar-refractivity contribution in [2.75, 3.05) is 6.61 Å². The molecular weight excluding hydrogens is 282 g/mol. The number of rotatable bonds is 7. The molecule has 0 fully saturated rings. The maximum Gasteiger partial charge on any atom is 0.269 e. The molecule has 2 aromatic carbocycles. The molecule has 0 heterocycles. The number of hydrogen-bond acceptors (Lipinski definition) is 5. The van der Waals surface area contributed by atoms with Gasteiger partial charge < -0.3 is 15.8 Å². The molecule has 2 rings (SSSR count). The average Bonchev–Trinajstić information content (AvgIpc) is 2.54. The van der Waals surface area contributed by atoms with E-state index in [9.17, 15) is 10.1 Å². The first kappa shape index (κ1) is 15.4. The Morgan fingerprint density at radius 2 is 1.86 bits per heavy atom. The maximum absolute atomic E-state index is 10.5. The third-order valence-corrected chi connectivity index (χ3v) is 2.89. The van der Waals surface area contributed by atoms with Crippen LogP contribution in [0.5, 0.6) is 5.75 Å². The molecule has 22 heavy (non-hydrogen) atoms. The van der Waals surface area contributed by atoms with Gasteiger partial charge in [-0.2, -0.15) is 0 Å². The van der Waals surface area contributed by atoms with E-state index in [0.29, 0.717) is 18.0 Å². The van der Waals surface area contributed by atoms with Gasteiger partial charge in [0.25, 0.3) is 5.69 Å². The lowest BCUT2D eigenvalue weighted by molar-refractivity contribution is -0.384. The Morgan fingerprint density at radius 3 is 2.50 bits per heavy atom. The zero-order valence-corrected chi connectivity index (χ0v) is 11.9. The molecule has 0 amide bonds. The zero-order chi connectivity index (χ0) is 15.8. The molecule has 6 heteroatoms. The summed E-state index contributed by atoms with van der Waals surface area (Å²) < 4.78 is 5.45. The van der Waals surface area contributed by atoms with E-state index >= 15 is 0 Å². The molecule has 0 bridgehead atoms. The largest absolute Gasteiger partial charge is 0.487 e. The summed E-state index contributed by atoms with van der Waals surface area (Å²) in [5.74, 6) is 0.532. The van der Waals surface area contributed by atoms with Gasteiger partial charge >= 0.3 is 0 Å². The highest BCUT2D eigenvalue weighted by Crippen LogP contribution is 2.17. The van der Waals surface area contributed by atoms with Gasteiger partial charge in [0.15, 0.2) is 0 Å². The van der Waals surface area contributed by atoms with Crippen molar-refractivity contribution >= 4 is 5.69 Å². The van der Waals surface area contributed by atoms with Crippen LogP contribution < -0.4 is 15.8 Å². The van der Waals surface area contributed by atoms with Gasteiger partial charge in [-0.1, -0.05) is 30.3 Å². The molecule has 0 saturated carbocycles. The number of nitro groups is 1. The number of nitrogens with zero attached hydrogens (tertiary/aromatic N) is 1. The van der Waals surface area contributed by atoms with Crippen LogP contribution in [0.2, 0.25) is 0 Å². The molecule has 0 saturated heterocycles. The summed E-state index contributed by atoms with van der Waals surface area (Å²) in [7, 11) is 0. The minimum atomic E-state index is -0.453. The Bertz CT molecular complexity index is 639. The summed E-state index contributed by atoms with van der Waals surface area (Å²) >= 11 is 0. The van der Waals surface area contributed by atoms with E-state index in [1.54, 1.807) is 18.3 Å². The van der Waals surface area contributed by atoms with Gasteiger partial charge in [-0.3, -0.25) is 10.1 Å². The van der Waals surface area contributed by atoms with Crippen LogP contribution in [0.15, 0.2) is 66.5 Å². The van der Waals surface area contributed by atoms with E-state index in [1.165, 1.54) is 12.1 Å². The maximum atomic E-state index is 10.5. The number of nitro benzene ring substituents is 1. The van der Waals surface area contributed by atoms with E-state index in [1.807, 2.05) is 30.3 Å². The van der Waals surface area contributed by atoms with E-state index in [4.69, 9.17) is 10.5 Å². The third-order valence-electron chi connectivity index (χ3n) is 2.89. The van der Waals surface area contributed by atoms with Gasteiger partial charge in [-0.05, 0) is 17.7 Å². The van der Waals surface area contributed by atoms with Crippen molar-refractivity contribution in [1.82, 2.24) is 5.32 Å². The first-order valence-corrected chi connectivity index (χ1v) is 6.74. The Hall–Kier alpha value is -3.02. The topological polar surface area (TPSA) is 90.4 Å². The first-order valence-electron chi connectivity index (χ1n) is 6.74. The smallest absolute Gasteiger partial charge is 0.269 e. The minimum absolute atomic E-state index is 0.0281. The van der Waals surface area contributed by atoms with E-state index in [-0.39, 0.29) is 12.3 Å². The SMILES string of the molecule is N/C(=C\NCc1ccccc1)COc1ccc([N+](=O)[O-])cc1. The summed E-state index contributed by atoms with van der Waals surface area (Å²) in [6.07, 6.45) is 1.69. The van der Waals surface area contributed by atoms with Gasteiger partial charge in [-0.25, -0.2) is 0 Å². The van der Waals surface area contributed by atoms with Crippen LogP contribution in [-0.4, -0.2) is 11.5 Å². The molecule has 2 aromatic rings. The molecule has 0 aliphatic rings. The molecule has 0 radical (unpaired) electrons. The molecule has 0 aliphatic heterocycles. The Morgan fingerprint density at radius 1 is 1.18 bits per heavy atom. The van der Waals surface area contributed by atoms with Crippen molar-refractivity contribution in [1.29, 1.82) is 0 Å². The van der Waals surface area contributed by atoms with Crippen molar-refractivity contribution < 1.29 is 9.66 Å². The number of non-ortho nitro benzene ring substituents is 1. The lowest BCUT2D eigenvalue weighted by atomic mass is 10.2. The Balaban J connectivity index is 1.78. The average molecular weight is 299 g/mol. The van der Waals surface area contributed by atoms with Crippen molar-refractivity contribution in [3.8, 4) is 5.75 Å². The summed E-state index contributed by atoms with van der Waals surface area (Å²) in [4.78, 5) is 10.1. The standard InChI is InChI=1S/C16H17N3O3/c17-14(11-18-10-13-4-2-1-3-5-13)12-22-16-8-6-15(7-9-16)19(20)21/h1-9,11,18H,10,12,17H2/b14-11-. The minimum Gasteiger partial charge on any atom is -0.487 e. The van der Waals surface area contributed by atoms with E-state index in [2.05, 4.69) is 5.32 Å². The number of nitrogens with one attached hydrogen (secondary N) is 1. The van der Waals surface area contributed by atoms with Crippen molar-refractivity contribution in [3.05, 3.63) is 82.2 Å². The number of benzene rings is 2. The second-order valence-corrected chi connectivity index (χ2v) is 4.63. The van der Waals surface area contributed by atoms with Gasteiger partial charge in [-0.15, -0.1) is 0 Å². The summed E-state index contributed by atoms with van der Waals surface area (Å²) in [5, 5.41) is 13.6. The lowest BCUT2D eigenvalue weighted by Crippen LogP contribution is -2.14. The van der Waals surface area contributed by atoms with Gasteiger partial charge in [0.2, 0.25) is 0 Å². The summed E-state index contributed by atoms with van der Waals surface area (Å²) in [6, 6.07) is 15.8. The molecule has 0 atom stereocenters. The second kappa shape index (κ2) is 7.68. The third kappa shape index (κ3) is 4.82. The van der Waals surface area contributed by atoms with Crippen LogP contribution in [0.3, 0.4) is 0 Å². The highest BCUT2D eigenvalue weighted by Gasteiger charge is 2.04. The van der Waals surface area contributed by atoms with Gasteiger partial charge in [0.1, 0.15) is 12.4 Å². The molecular formula is C16H17N3O3. The predicted molar refractivity (Wildman–Crippen MR) is 84.1 cm³/mol. The van der Waals surface area contributed by atoms with Crippen LogP contribution in [0, 0.1) is 10.1 Å². The van der Waals surface area contributed by atoms with E-state index < -0.39 is 4.92 Å². The van der Waals surface area contributed by atoms with Gasteiger partial charge in [0, 0.05) is 24.9 Å². The van der Waals surface area contributed by atoms with Crippen LogP contribution in [0.25, 0.3) is 0 Å². The zero-order valence-electron chi connectivity index (χ0n) is 11.9. The fraction of sp³-hybridized carbons (Fsp3) is 0.125. The molecule has 0 unspecified atom stereocenters. The summed E-state index contributed by atoms with van der Waals surface area (Å²) in [5.41, 5.74) is 7.55. The highest BCUT2D eigenvalue weighted by molar-refractivity contribution is 5.36. The normalized spacial score (nSPS) is 11.0. The molecule has 6 nitrogen and oxygen atoms in total. The fourth-order valence-electron chi connectivity index (χ4n) is 1.77. The quantitative estimate of drug-likeness (QED) is 0.605. The van der Waals surface area contributed by atoms with Crippen molar-refractivity contribution in [2.24, 2.45) is 5.73 Å². The summed E-state index contributed by atoms with van der Waals surface area (Å²) in [6.45, 7) is 0.888. The number of ether oxygens (including phenoxy) is 1. The van der Waals surface area contributed by atoms with Gasteiger partial charge in [0.05, 0.1) is 10.6 Å². The molecule has 0 aromatic heterocycles. The molecule has 3 N–H and O–H groups in total. The monoisotopic (exact) mass is 299 g/mol. The molecule has 0 spiro atoms. The first-order chi connectivity index (χ1) is 10.6. The molecule has 0 aliphatic carbocycles. The molecule has 114 valence electrons. The fourth-order valence-corrected chi connectivity index (χ4v) is 1.77. The van der Waals surface area contributed by atoms with Crippen molar-refractivity contribution in [2.45, 2.75) is 6.54 Å².